The zero-order valence-corrected chi connectivity index (χ0v) is 11.8. The minimum atomic E-state index is -3.54. The van der Waals surface area contributed by atoms with Crippen molar-refractivity contribution in [2.24, 2.45) is 0 Å². The predicted octanol–water partition coefficient (Wildman–Crippen LogP) is 3.33. The predicted molar refractivity (Wildman–Crippen MR) is 70.4 cm³/mol. The SMILES string of the molecule is CCCCCN(Cl)S(=O)(=O)c1ccc(C)cc1. The standard InChI is InChI=1S/C12H18ClNO2S/c1-3-4-5-10-14(13)17(15,16)12-8-6-11(2)7-9-12/h6-9H,3-5,10H2,1-2H3. The third-order valence-electron chi connectivity index (χ3n) is 2.52. The number of halogens is 1. The largest absolute Gasteiger partial charge is 0.256 e. The summed E-state index contributed by atoms with van der Waals surface area (Å²) in [5.41, 5.74) is 1.02. The van der Waals surface area contributed by atoms with Crippen molar-refractivity contribution in [3.8, 4) is 0 Å². The monoisotopic (exact) mass is 275 g/mol. The number of nitrogens with zero attached hydrogens (tertiary/aromatic N) is 1. The first-order valence-corrected chi connectivity index (χ1v) is 7.51. The molecular formula is C12H18ClNO2S. The van der Waals surface area contributed by atoms with Gasteiger partial charge in [0.25, 0.3) is 10.0 Å². The summed E-state index contributed by atoms with van der Waals surface area (Å²) < 4.78 is 25.0. The van der Waals surface area contributed by atoms with Crippen molar-refractivity contribution in [3.63, 3.8) is 0 Å². The molecule has 1 aromatic rings. The molecule has 0 atom stereocenters. The van der Waals surface area contributed by atoms with Crippen LogP contribution in [0.5, 0.6) is 0 Å². The molecule has 0 radical (unpaired) electrons. The molecule has 0 aliphatic heterocycles. The molecule has 0 bridgehead atoms. The number of benzene rings is 1. The van der Waals surface area contributed by atoms with Gasteiger partial charge >= 0.3 is 0 Å². The van der Waals surface area contributed by atoms with Gasteiger partial charge in [-0.2, -0.15) is 0 Å². The molecular weight excluding hydrogens is 258 g/mol. The molecule has 0 amide bonds. The summed E-state index contributed by atoms with van der Waals surface area (Å²) in [7, 11) is -3.54. The molecule has 0 unspecified atom stereocenters. The molecule has 5 heteroatoms. The fourth-order valence-electron chi connectivity index (χ4n) is 1.43. The smallest absolute Gasteiger partial charge is 0.206 e. The molecule has 17 heavy (non-hydrogen) atoms. The Morgan fingerprint density at radius 2 is 1.76 bits per heavy atom. The van der Waals surface area contributed by atoms with Gasteiger partial charge < -0.3 is 0 Å². The van der Waals surface area contributed by atoms with E-state index in [1.165, 1.54) is 0 Å². The third-order valence-corrected chi connectivity index (χ3v) is 4.80. The van der Waals surface area contributed by atoms with E-state index in [2.05, 4.69) is 6.92 Å². The molecule has 0 fully saturated rings. The van der Waals surface area contributed by atoms with Crippen LogP contribution in [-0.4, -0.2) is 18.8 Å². The molecule has 0 aromatic heterocycles. The number of sulfonamides is 1. The Bertz CT molecular complexity index is 442. The number of hydrogen-bond donors (Lipinski definition) is 0. The van der Waals surface area contributed by atoms with Gasteiger partial charge in [-0.25, -0.2) is 8.42 Å². The topological polar surface area (TPSA) is 37.4 Å². The van der Waals surface area contributed by atoms with E-state index in [-0.39, 0.29) is 4.90 Å². The summed E-state index contributed by atoms with van der Waals surface area (Å²) in [5.74, 6) is 0. The summed E-state index contributed by atoms with van der Waals surface area (Å²) in [4.78, 5) is 0.245. The van der Waals surface area contributed by atoms with E-state index in [1.807, 2.05) is 6.92 Å². The van der Waals surface area contributed by atoms with Crippen molar-refractivity contribution in [1.29, 1.82) is 0 Å². The second-order valence-electron chi connectivity index (χ2n) is 4.04. The highest BCUT2D eigenvalue weighted by atomic mass is 35.5. The number of aryl methyl sites for hydroxylation is 1. The minimum Gasteiger partial charge on any atom is -0.206 e. The quantitative estimate of drug-likeness (QED) is 0.590. The molecule has 1 aromatic carbocycles. The second kappa shape index (κ2) is 6.38. The normalized spacial score (nSPS) is 12.0. The van der Waals surface area contributed by atoms with Gasteiger partial charge in [0, 0.05) is 6.54 Å². The van der Waals surface area contributed by atoms with Crippen molar-refractivity contribution in [2.45, 2.75) is 38.0 Å². The lowest BCUT2D eigenvalue weighted by Gasteiger charge is -2.14. The Labute approximate surface area is 109 Å². The van der Waals surface area contributed by atoms with Gasteiger partial charge in [0.05, 0.1) is 4.90 Å². The van der Waals surface area contributed by atoms with E-state index < -0.39 is 10.0 Å². The Morgan fingerprint density at radius 1 is 1.18 bits per heavy atom. The Kier molecular flexibility index (Phi) is 5.43. The van der Waals surface area contributed by atoms with E-state index in [1.54, 1.807) is 24.3 Å². The van der Waals surface area contributed by atoms with Crippen LogP contribution in [0.25, 0.3) is 0 Å². The van der Waals surface area contributed by atoms with Crippen molar-refractivity contribution < 1.29 is 8.42 Å². The Hall–Kier alpha value is -0.580. The maximum atomic E-state index is 12.0. The maximum Gasteiger partial charge on any atom is 0.256 e. The lowest BCUT2D eigenvalue weighted by atomic mass is 10.2. The highest BCUT2D eigenvalue weighted by molar-refractivity contribution is 7.90. The minimum absolute atomic E-state index is 0.245. The lowest BCUT2D eigenvalue weighted by Crippen LogP contribution is -2.23. The van der Waals surface area contributed by atoms with Crippen molar-refractivity contribution in [1.82, 2.24) is 3.82 Å². The molecule has 3 nitrogen and oxygen atoms in total. The Morgan fingerprint density at radius 3 is 2.29 bits per heavy atom. The van der Waals surface area contributed by atoms with Crippen LogP contribution in [0, 0.1) is 6.92 Å². The molecule has 0 saturated carbocycles. The van der Waals surface area contributed by atoms with E-state index in [0.29, 0.717) is 6.54 Å². The highest BCUT2D eigenvalue weighted by Crippen LogP contribution is 2.18. The average Bonchev–Trinajstić information content (AvgIpc) is 2.29. The summed E-state index contributed by atoms with van der Waals surface area (Å²) in [6.07, 6.45) is 2.80. The third kappa shape index (κ3) is 3.98. The van der Waals surface area contributed by atoms with E-state index in [0.717, 1.165) is 28.7 Å². The first-order chi connectivity index (χ1) is 7.98. The van der Waals surface area contributed by atoms with Crippen LogP contribution >= 0.6 is 11.8 Å². The zero-order chi connectivity index (χ0) is 12.9. The first kappa shape index (κ1) is 14.5. The summed E-state index contributed by atoms with van der Waals surface area (Å²) in [6.45, 7) is 4.33. The van der Waals surface area contributed by atoms with Crippen LogP contribution in [0.3, 0.4) is 0 Å². The van der Waals surface area contributed by atoms with E-state index in [4.69, 9.17) is 11.8 Å². The van der Waals surface area contributed by atoms with Gasteiger partial charge in [-0.15, -0.1) is 3.82 Å². The van der Waals surface area contributed by atoms with Gasteiger partial charge in [-0.1, -0.05) is 37.5 Å². The molecule has 0 saturated heterocycles. The summed E-state index contributed by atoms with van der Waals surface area (Å²) in [5, 5.41) is 0. The lowest BCUT2D eigenvalue weighted by molar-refractivity contribution is 0.521. The highest BCUT2D eigenvalue weighted by Gasteiger charge is 2.21. The number of rotatable bonds is 6. The average molecular weight is 276 g/mol. The van der Waals surface area contributed by atoms with Gasteiger partial charge in [0.15, 0.2) is 0 Å². The van der Waals surface area contributed by atoms with Gasteiger partial charge in [-0.3, -0.25) is 0 Å². The van der Waals surface area contributed by atoms with Crippen LogP contribution in [0.1, 0.15) is 31.7 Å². The number of unbranched alkanes of at least 4 members (excludes halogenated alkanes) is 2. The summed E-state index contributed by atoms with van der Waals surface area (Å²) in [6, 6.07) is 6.70. The van der Waals surface area contributed by atoms with Gasteiger partial charge in [0.1, 0.15) is 0 Å². The first-order valence-electron chi connectivity index (χ1n) is 5.73. The molecule has 1 rings (SSSR count). The van der Waals surface area contributed by atoms with Crippen LogP contribution in [0.15, 0.2) is 29.2 Å². The van der Waals surface area contributed by atoms with Crippen LogP contribution in [0.2, 0.25) is 0 Å². The van der Waals surface area contributed by atoms with Gasteiger partial charge in [-0.05, 0) is 37.3 Å². The maximum absolute atomic E-state index is 12.0. The molecule has 0 N–H and O–H groups in total. The second-order valence-corrected chi connectivity index (χ2v) is 6.51. The zero-order valence-electron chi connectivity index (χ0n) is 10.2. The van der Waals surface area contributed by atoms with Crippen molar-refractivity contribution in [2.75, 3.05) is 6.54 Å². The van der Waals surface area contributed by atoms with Gasteiger partial charge in [0.2, 0.25) is 0 Å². The fourth-order valence-corrected chi connectivity index (χ4v) is 2.87. The van der Waals surface area contributed by atoms with Crippen molar-refractivity contribution in [3.05, 3.63) is 29.8 Å². The Balaban J connectivity index is 2.76. The van der Waals surface area contributed by atoms with Crippen LogP contribution < -0.4 is 0 Å². The van der Waals surface area contributed by atoms with E-state index in [9.17, 15) is 8.42 Å². The molecule has 0 aliphatic carbocycles. The number of hydrogen-bond acceptors (Lipinski definition) is 2. The molecule has 0 heterocycles. The fraction of sp³-hybridized carbons (Fsp3) is 0.500. The van der Waals surface area contributed by atoms with Crippen molar-refractivity contribution >= 4 is 21.8 Å². The molecule has 96 valence electrons. The summed E-state index contributed by atoms with van der Waals surface area (Å²) >= 11 is 5.83. The van der Waals surface area contributed by atoms with Crippen LogP contribution in [0.4, 0.5) is 0 Å². The molecule has 0 aliphatic rings. The van der Waals surface area contributed by atoms with Crippen LogP contribution in [-0.2, 0) is 10.0 Å². The van der Waals surface area contributed by atoms with E-state index >= 15 is 0 Å². The molecule has 0 spiro atoms.